The first-order chi connectivity index (χ1) is 21.4. The van der Waals surface area contributed by atoms with Gasteiger partial charge in [-0.3, -0.25) is 14.6 Å². The van der Waals surface area contributed by atoms with Gasteiger partial charge >= 0.3 is 0 Å². The molecule has 2 atom stereocenters. The Morgan fingerprint density at radius 1 is 0.955 bits per heavy atom. The van der Waals surface area contributed by atoms with Gasteiger partial charge < -0.3 is 27.0 Å². The summed E-state index contributed by atoms with van der Waals surface area (Å²) < 4.78 is 13.6. The third kappa shape index (κ3) is 7.99. The van der Waals surface area contributed by atoms with Crippen LogP contribution in [-0.2, 0) is 4.79 Å². The summed E-state index contributed by atoms with van der Waals surface area (Å²) in [5.41, 5.74) is 13.8. The van der Waals surface area contributed by atoms with E-state index in [0.29, 0.717) is 51.0 Å². The second-order valence-electron chi connectivity index (χ2n) is 11.2. The average Bonchev–Trinajstić information content (AvgIpc) is 3.19. The summed E-state index contributed by atoms with van der Waals surface area (Å²) in [4.78, 5) is 33.1. The standard InChI is InChI=1S/C35H39FN6O2/c36-29-16-15-26-20-28(14-13-27(26)21-29)33(43)40-22-30-17-19-42(34(44)32(41-30)12-7-18-39-35(37)38)23-31(24-8-3-1-4-9-24)25-10-5-2-6-11-25/h1-6,8-11,13-16,20-21,30-32,41H,7,12,17-19,22-23H2,(H,40,43)(H4,37,38,39)/t30-,32-/m0/s1. The van der Waals surface area contributed by atoms with Crippen LogP contribution in [0.3, 0.4) is 0 Å². The normalized spacial score (nSPS) is 17.0. The predicted octanol–water partition coefficient (Wildman–Crippen LogP) is 4.15. The zero-order valence-electron chi connectivity index (χ0n) is 24.7. The first kappa shape index (κ1) is 30.7. The monoisotopic (exact) mass is 594 g/mol. The number of carbonyl (C=O) groups excluding carboxylic acids is 2. The van der Waals surface area contributed by atoms with E-state index in [2.05, 4.69) is 39.9 Å². The third-order valence-electron chi connectivity index (χ3n) is 8.12. The second kappa shape index (κ2) is 14.6. The molecule has 6 N–H and O–H groups in total. The molecule has 1 saturated heterocycles. The number of fused-ring (bicyclic) bond motifs is 1. The molecular formula is C35H39FN6O2. The smallest absolute Gasteiger partial charge is 0.251 e. The van der Waals surface area contributed by atoms with E-state index in [1.54, 1.807) is 24.3 Å². The van der Waals surface area contributed by atoms with Crippen LogP contribution in [0.25, 0.3) is 10.8 Å². The second-order valence-corrected chi connectivity index (χ2v) is 11.2. The predicted molar refractivity (Wildman–Crippen MR) is 173 cm³/mol. The molecule has 4 aromatic carbocycles. The molecule has 0 unspecified atom stereocenters. The molecule has 0 saturated carbocycles. The van der Waals surface area contributed by atoms with Crippen molar-refractivity contribution in [3.8, 4) is 0 Å². The summed E-state index contributed by atoms with van der Waals surface area (Å²) in [5, 5.41) is 8.08. The minimum Gasteiger partial charge on any atom is -0.370 e. The Labute approximate surface area is 257 Å². The van der Waals surface area contributed by atoms with E-state index in [1.807, 2.05) is 41.3 Å². The van der Waals surface area contributed by atoms with Gasteiger partial charge in [0.1, 0.15) is 5.82 Å². The van der Waals surface area contributed by atoms with Crippen LogP contribution >= 0.6 is 0 Å². The van der Waals surface area contributed by atoms with Gasteiger partial charge in [-0.1, -0.05) is 72.8 Å². The highest BCUT2D eigenvalue weighted by molar-refractivity contribution is 5.98. The number of carbonyl (C=O) groups is 2. The van der Waals surface area contributed by atoms with Crippen molar-refractivity contribution >= 4 is 28.5 Å². The molecule has 0 bridgehead atoms. The quantitative estimate of drug-likeness (QED) is 0.118. The minimum atomic E-state index is -0.448. The molecule has 8 nitrogen and oxygen atoms in total. The molecule has 4 aromatic rings. The van der Waals surface area contributed by atoms with Gasteiger partial charge in [-0.2, -0.15) is 0 Å². The lowest BCUT2D eigenvalue weighted by molar-refractivity contribution is -0.133. The number of halogens is 1. The van der Waals surface area contributed by atoms with Crippen molar-refractivity contribution in [1.82, 2.24) is 15.5 Å². The molecule has 9 heteroatoms. The molecule has 1 aliphatic rings. The molecule has 1 heterocycles. The van der Waals surface area contributed by atoms with Crippen molar-refractivity contribution in [1.29, 1.82) is 0 Å². The average molecular weight is 595 g/mol. The highest BCUT2D eigenvalue weighted by Gasteiger charge is 2.32. The van der Waals surface area contributed by atoms with E-state index in [1.165, 1.54) is 12.1 Å². The summed E-state index contributed by atoms with van der Waals surface area (Å²) in [7, 11) is 0. The Morgan fingerprint density at radius 3 is 2.30 bits per heavy atom. The maximum absolute atomic E-state index is 14.0. The van der Waals surface area contributed by atoms with E-state index >= 15 is 0 Å². The topological polar surface area (TPSA) is 126 Å². The molecule has 0 spiro atoms. The van der Waals surface area contributed by atoms with Gasteiger partial charge in [0.05, 0.1) is 6.04 Å². The van der Waals surface area contributed by atoms with Gasteiger partial charge in [0.25, 0.3) is 5.91 Å². The van der Waals surface area contributed by atoms with Crippen molar-refractivity contribution < 1.29 is 14.0 Å². The number of hydrogen-bond acceptors (Lipinski definition) is 4. The fourth-order valence-corrected chi connectivity index (χ4v) is 5.80. The Morgan fingerprint density at radius 2 is 1.61 bits per heavy atom. The number of nitrogens with zero attached hydrogens (tertiary/aromatic N) is 2. The number of guanidine groups is 1. The van der Waals surface area contributed by atoms with E-state index < -0.39 is 6.04 Å². The van der Waals surface area contributed by atoms with Crippen LogP contribution in [0.5, 0.6) is 0 Å². The van der Waals surface area contributed by atoms with Gasteiger partial charge in [0.15, 0.2) is 5.96 Å². The maximum Gasteiger partial charge on any atom is 0.251 e. The van der Waals surface area contributed by atoms with Gasteiger partial charge in [-0.25, -0.2) is 4.39 Å². The molecule has 44 heavy (non-hydrogen) atoms. The molecule has 0 aliphatic carbocycles. The Bertz CT molecular complexity index is 1550. The number of nitrogens with two attached hydrogens (primary N) is 2. The Balaban J connectivity index is 1.31. The largest absolute Gasteiger partial charge is 0.370 e. The van der Waals surface area contributed by atoms with Gasteiger partial charge in [-0.15, -0.1) is 0 Å². The first-order valence-electron chi connectivity index (χ1n) is 15.0. The number of rotatable bonds is 11. The molecule has 0 radical (unpaired) electrons. The first-order valence-corrected chi connectivity index (χ1v) is 15.0. The van der Waals surface area contributed by atoms with Crippen LogP contribution in [-0.4, -0.2) is 60.9 Å². The fraction of sp³-hybridized carbons (Fsp3) is 0.286. The van der Waals surface area contributed by atoms with Crippen molar-refractivity contribution in [3.63, 3.8) is 0 Å². The lowest BCUT2D eigenvalue weighted by atomic mass is 9.90. The summed E-state index contributed by atoms with van der Waals surface area (Å²) in [6.07, 6.45) is 1.86. The van der Waals surface area contributed by atoms with E-state index in [9.17, 15) is 14.0 Å². The Hall–Kier alpha value is -4.76. The fourth-order valence-electron chi connectivity index (χ4n) is 5.80. The molecule has 1 fully saturated rings. The van der Waals surface area contributed by atoms with Crippen molar-refractivity contribution in [3.05, 3.63) is 120 Å². The van der Waals surface area contributed by atoms with Crippen LogP contribution in [0.2, 0.25) is 0 Å². The van der Waals surface area contributed by atoms with Gasteiger partial charge in [0.2, 0.25) is 5.91 Å². The number of benzene rings is 4. The van der Waals surface area contributed by atoms with Crippen molar-refractivity contribution in [2.45, 2.75) is 37.3 Å². The third-order valence-corrected chi connectivity index (χ3v) is 8.12. The summed E-state index contributed by atoms with van der Waals surface area (Å²) in [6, 6.07) is 29.6. The lowest BCUT2D eigenvalue weighted by Gasteiger charge is -2.29. The van der Waals surface area contributed by atoms with Crippen LogP contribution in [0.15, 0.2) is 102 Å². The van der Waals surface area contributed by atoms with Gasteiger partial charge in [-0.05, 0) is 65.4 Å². The number of hydrogen-bond donors (Lipinski definition) is 4. The molecule has 228 valence electrons. The maximum atomic E-state index is 14.0. The van der Waals surface area contributed by atoms with Crippen molar-refractivity contribution in [2.24, 2.45) is 16.5 Å². The molecule has 1 aliphatic heterocycles. The van der Waals surface area contributed by atoms with Crippen LogP contribution < -0.4 is 22.1 Å². The van der Waals surface area contributed by atoms with Crippen LogP contribution in [0, 0.1) is 5.82 Å². The zero-order chi connectivity index (χ0) is 30.9. The number of nitrogens with one attached hydrogen (secondary N) is 2. The van der Waals surface area contributed by atoms with Gasteiger partial charge in [0, 0.05) is 43.7 Å². The number of aliphatic imine (C=N–C) groups is 1. The molecular weight excluding hydrogens is 555 g/mol. The minimum absolute atomic E-state index is 0.0151. The van der Waals surface area contributed by atoms with E-state index in [4.69, 9.17) is 11.5 Å². The Kier molecular flexibility index (Phi) is 10.2. The highest BCUT2D eigenvalue weighted by Crippen LogP contribution is 2.27. The SMILES string of the molecule is NC(N)=NCCC[C@@H]1N[C@H](CNC(=O)c2ccc3cc(F)ccc3c2)CCN(CC(c2ccccc2)c2ccccc2)C1=O. The summed E-state index contributed by atoms with van der Waals surface area (Å²) >= 11 is 0. The molecule has 2 amide bonds. The van der Waals surface area contributed by atoms with E-state index in [0.717, 1.165) is 21.9 Å². The summed E-state index contributed by atoms with van der Waals surface area (Å²) in [6.45, 7) is 1.87. The highest BCUT2D eigenvalue weighted by atomic mass is 19.1. The lowest BCUT2D eigenvalue weighted by Crippen LogP contribution is -2.49. The molecule has 5 rings (SSSR count). The zero-order valence-corrected chi connectivity index (χ0v) is 24.7. The number of amides is 2. The van der Waals surface area contributed by atoms with E-state index in [-0.39, 0.29) is 35.6 Å². The molecule has 0 aromatic heterocycles. The summed E-state index contributed by atoms with van der Waals surface area (Å²) in [5.74, 6) is -0.462. The van der Waals surface area contributed by atoms with Crippen LogP contribution in [0.4, 0.5) is 4.39 Å². The van der Waals surface area contributed by atoms with Crippen molar-refractivity contribution in [2.75, 3.05) is 26.2 Å². The van der Waals surface area contributed by atoms with Crippen LogP contribution in [0.1, 0.15) is 46.7 Å².